The summed E-state index contributed by atoms with van der Waals surface area (Å²) in [5.41, 5.74) is 2.60. The van der Waals surface area contributed by atoms with Gasteiger partial charge in [0.2, 0.25) is 0 Å². The molecular formula is C12H17N. The molecular weight excluding hydrogens is 158 g/mol. The van der Waals surface area contributed by atoms with Gasteiger partial charge in [-0.1, -0.05) is 31.2 Å². The van der Waals surface area contributed by atoms with E-state index < -0.39 is 0 Å². The summed E-state index contributed by atoms with van der Waals surface area (Å²) in [6.07, 6.45) is 3.23. The number of rotatable bonds is 3. The van der Waals surface area contributed by atoms with Gasteiger partial charge in [0.15, 0.2) is 0 Å². The summed E-state index contributed by atoms with van der Waals surface area (Å²) >= 11 is 0. The van der Waals surface area contributed by atoms with Crippen LogP contribution < -0.4 is 4.90 Å². The lowest BCUT2D eigenvalue weighted by Gasteiger charge is -2.21. The van der Waals surface area contributed by atoms with Crippen LogP contribution in [0.1, 0.15) is 20.3 Å². The van der Waals surface area contributed by atoms with Crippen LogP contribution in [0.15, 0.2) is 42.1 Å². The Morgan fingerprint density at radius 3 is 2.38 bits per heavy atom. The number of hydrogen-bond acceptors (Lipinski definition) is 1. The molecule has 0 radical (unpaired) electrons. The van der Waals surface area contributed by atoms with E-state index in [1.165, 1.54) is 11.4 Å². The summed E-state index contributed by atoms with van der Waals surface area (Å²) in [4.78, 5) is 2.22. The van der Waals surface area contributed by atoms with Gasteiger partial charge in [0.25, 0.3) is 0 Å². The van der Waals surface area contributed by atoms with E-state index in [-0.39, 0.29) is 0 Å². The molecule has 1 aromatic carbocycles. The lowest BCUT2D eigenvalue weighted by Crippen LogP contribution is -2.15. The van der Waals surface area contributed by atoms with Crippen LogP contribution >= 0.6 is 0 Å². The van der Waals surface area contributed by atoms with Gasteiger partial charge in [-0.3, -0.25) is 0 Å². The van der Waals surface area contributed by atoms with Gasteiger partial charge in [0, 0.05) is 18.4 Å². The summed E-state index contributed by atoms with van der Waals surface area (Å²) in [5, 5.41) is 0. The van der Waals surface area contributed by atoms with Crippen LogP contribution in [0.4, 0.5) is 5.69 Å². The molecule has 70 valence electrons. The lowest BCUT2D eigenvalue weighted by atomic mass is 10.2. The zero-order valence-corrected chi connectivity index (χ0v) is 8.62. The first kappa shape index (κ1) is 9.85. The third kappa shape index (κ3) is 2.35. The van der Waals surface area contributed by atoms with Crippen molar-refractivity contribution in [1.82, 2.24) is 0 Å². The largest absolute Gasteiger partial charge is 0.349 e. The number of nitrogens with zero attached hydrogens (tertiary/aromatic N) is 1. The van der Waals surface area contributed by atoms with Crippen LogP contribution in [0.2, 0.25) is 0 Å². The first-order valence-electron chi connectivity index (χ1n) is 4.73. The molecule has 0 amide bonds. The Labute approximate surface area is 80.7 Å². The van der Waals surface area contributed by atoms with Crippen LogP contribution in [0.25, 0.3) is 0 Å². The smallest absolute Gasteiger partial charge is 0.0405 e. The van der Waals surface area contributed by atoms with Crippen LogP contribution in [0.3, 0.4) is 0 Å². The second-order valence-corrected chi connectivity index (χ2v) is 3.03. The minimum Gasteiger partial charge on any atom is -0.349 e. The fourth-order valence-electron chi connectivity index (χ4n) is 1.45. The van der Waals surface area contributed by atoms with E-state index in [9.17, 15) is 0 Å². The summed E-state index contributed by atoms with van der Waals surface area (Å²) in [5.74, 6) is 0. The Hall–Kier alpha value is -1.24. The van der Waals surface area contributed by atoms with Crippen LogP contribution in [0, 0.1) is 0 Å². The van der Waals surface area contributed by atoms with Gasteiger partial charge in [-0.2, -0.15) is 0 Å². The average molecular weight is 175 g/mol. The Kier molecular flexibility index (Phi) is 3.56. The van der Waals surface area contributed by atoms with Gasteiger partial charge in [-0.15, -0.1) is 0 Å². The molecule has 0 saturated carbocycles. The minimum atomic E-state index is 1.07. The molecule has 0 heterocycles. The highest BCUT2D eigenvalue weighted by molar-refractivity contribution is 5.50. The molecule has 0 unspecified atom stereocenters. The molecule has 0 aromatic heterocycles. The van der Waals surface area contributed by atoms with Crippen molar-refractivity contribution in [3.05, 3.63) is 42.1 Å². The molecule has 0 N–H and O–H groups in total. The summed E-state index contributed by atoms with van der Waals surface area (Å²) in [6, 6.07) is 10.4. The van der Waals surface area contributed by atoms with E-state index >= 15 is 0 Å². The van der Waals surface area contributed by atoms with Crippen molar-refractivity contribution in [2.24, 2.45) is 0 Å². The Morgan fingerprint density at radius 1 is 1.31 bits per heavy atom. The summed E-state index contributed by atoms with van der Waals surface area (Å²) < 4.78 is 0. The van der Waals surface area contributed by atoms with Gasteiger partial charge in [0.05, 0.1) is 0 Å². The molecule has 0 aliphatic rings. The van der Waals surface area contributed by atoms with E-state index in [1.54, 1.807) is 0 Å². The zero-order valence-electron chi connectivity index (χ0n) is 8.62. The molecule has 0 spiro atoms. The van der Waals surface area contributed by atoms with E-state index in [0.29, 0.717) is 0 Å². The maximum atomic E-state index is 2.22. The summed E-state index contributed by atoms with van der Waals surface area (Å²) in [6.45, 7) is 4.26. The van der Waals surface area contributed by atoms with Gasteiger partial charge in [0.1, 0.15) is 0 Å². The van der Waals surface area contributed by atoms with Crippen molar-refractivity contribution in [3.63, 3.8) is 0 Å². The normalized spacial score (nSPS) is 11.5. The van der Waals surface area contributed by atoms with Crippen LogP contribution in [-0.2, 0) is 0 Å². The average Bonchev–Trinajstić information content (AvgIpc) is 2.21. The van der Waals surface area contributed by atoms with Crippen molar-refractivity contribution in [2.45, 2.75) is 20.3 Å². The molecule has 1 heteroatoms. The highest BCUT2D eigenvalue weighted by Crippen LogP contribution is 2.17. The van der Waals surface area contributed by atoms with Gasteiger partial charge < -0.3 is 4.90 Å². The maximum Gasteiger partial charge on any atom is 0.0405 e. The molecule has 0 fully saturated rings. The zero-order chi connectivity index (χ0) is 9.68. The molecule has 1 aromatic rings. The van der Waals surface area contributed by atoms with Gasteiger partial charge >= 0.3 is 0 Å². The number of benzene rings is 1. The quantitative estimate of drug-likeness (QED) is 0.680. The second kappa shape index (κ2) is 4.70. The number of anilines is 1. The predicted molar refractivity (Wildman–Crippen MR) is 58.9 cm³/mol. The summed E-state index contributed by atoms with van der Waals surface area (Å²) in [7, 11) is 2.11. The van der Waals surface area contributed by atoms with Gasteiger partial charge in [-0.25, -0.2) is 0 Å². The number of allylic oxidation sites excluding steroid dienone is 2. The molecule has 0 aliphatic carbocycles. The SMILES string of the molecule is C/C=C(/CC)N(C)c1ccccc1. The predicted octanol–water partition coefficient (Wildman–Crippen LogP) is 3.44. The van der Waals surface area contributed by atoms with Crippen molar-refractivity contribution < 1.29 is 0 Å². The van der Waals surface area contributed by atoms with E-state index in [0.717, 1.165) is 6.42 Å². The molecule has 0 saturated heterocycles. The first-order valence-corrected chi connectivity index (χ1v) is 4.73. The molecule has 1 rings (SSSR count). The number of para-hydroxylation sites is 1. The Balaban J connectivity index is 2.85. The Bertz CT molecular complexity index is 274. The van der Waals surface area contributed by atoms with Crippen molar-refractivity contribution >= 4 is 5.69 Å². The van der Waals surface area contributed by atoms with Crippen molar-refractivity contribution in [3.8, 4) is 0 Å². The molecule has 0 bridgehead atoms. The molecule has 1 nitrogen and oxygen atoms in total. The fourth-order valence-corrected chi connectivity index (χ4v) is 1.45. The van der Waals surface area contributed by atoms with E-state index in [2.05, 4.69) is 56.1 Å². The van der Waals surface area contributed by atoms with Crippen LogP contribution in [-0.4, -0.2) is 7.05 Å². The third-order valence-electron chi connectivity index (χ3n) is 2.27. The van der Waals surface area contributed by atoms with E-state index in [4.69, 9.17) is 0 Å². The Morgan fingerprint density at radius 2 is 1.92 bits per heavy atom. The van der Waals surface area contributed by atoms with Crippen molar-refractivity contribution in [2.75, 3.05) is 11.9 Å². The maximum absolute atomic E-state index is 2.22. The van der Waals surface area contributed by atoms with Crippen molar-refractivity contribution in [1.29, 1.82) is 0 Å². The first-order chi connectivity index (χ1) is 6.29. The highest BCUT2D eigenvalue weighted by Gasteiger charge is 2.02. The monoisotopic (exact) mass is 175 g/mol. The topological polar surface area (TPSA) is 3.24 Å². The van der Waals surface area contributed by atoms with Gasteiger partial charge in [-0.05, 0) is 25.5 Å². The minimum absolute atomic E-state index is 1.07. The molecule has 0 aliphatic heterocycles. The fraction of sp³-hybridized carbons (Fsp3) is 0.333. The standard InChI is InChI=1S/C12H17N/c1-4-11(5-2)13(3)12-9-7-6-8-10-12/h4,6-10H,5H2,1-3H3/b11-4-. The molecule has 13 heavy (non-hydrogen) atoms. The van der Waals surface area contributed by atoms with Crippen LogP contribution in [0.5, 0.6) is 0 Å². The second-order valence-electron chi connectivity index (χ2n) is 3.03. The third-order valence-corrected chi connectivity index (χ3v) is 2.27. The van der Waals surface area contributed by atoms with E-state index in [1.807, 2.05) is 6.07 Å². The highest BCUT2D eigenvalue weighted by atomic mass is 15.1. The number of hydrogen-bond donors (Lipinski definition) is 0. The molecule has 0 atom stereocenters. The lowest BCUT2D eigenvalue weighted by molar-refractivity contribution is 0.972.